The van der Waals surface area contributed by atoms with Crippen LogP contribution >= 0.6 is 0 Å². The van der Waals surface area contributed by atoms with Gasteiger partial charge in [-0.1, -0.05) is 12.1 Å². The average Bonchev–Trinajstić information content (AvgIpc) is 3.30. The molecular weight excluding hydrogens is 313 g/mol. The Balaban J connectivity index is 1.43. The molecule has 3 rings (SSSR count). The normalized spacial score (nSPS) is 18.7. The van der Waals surface area contributed by atoms with Crippen LogP contribution in [0, 0.1) is 11.7 Å². The lowest BCUT2D eigenvalue weighted by molar-refractivity contribution is -0.126. The Morgan fingerprint density at radius 3 is 2.88 bits per heavy atom. The first-order valence-electron chi connectivity index (χ1n) is 8.24. The van der Waals surface area contributed by atoms with Crippen LogP contribution in [0.5, 0.6) is 5.75 Å². The van der Waals surface area contributed by atoms with E-state index < -0.39 is 5.82 Å². The second-order valence-electron chi connectivity index (χ2n) is 6.44. The monoisotopic (exact) mass is 335 g/mol. The van der Waals surface area contributed by atoms with Crippen molar-refractivity contribution < 1.29 is 18.7 Å². The molecule has 7 heteroatoms. The highest BCUT2D eigenvalue weighted by molar-refractivity contribution is 5.87. The summed E-state index contributed by atoms with van der Waals surface area (Å²) >= 11 is 0. The predicted molar refractivity (Wildman–Crippen MR) is 85.9 cm³/mol. The van der Waals surface area contributed by atoms with Crippen LogP contribution < -0.4 is 10.1 Å². The van der Waals surface area contributed by atoms with Gasteiger partial charge in [-0.05, 0) is 37.8 Å². The number of halogens is 1. The van der Waals surface area contributed by atoms with E-state index in [9.17, 15) is 14.0 Å². The highest BCUT2D eigenvalue weighted by Crippen LogP contribution is 2.30. The molecule has 0 aromatic heterocycles. The number of urea groups is 1. The Hall–Kier alpha value is -2.31. The first-order valence-corrected chi connectivity index (χ1v) is 8.24. The van der Waals surface area contributed by atoms with Crippen molar-refractivity contribution in [1.29, 1.82) is 0 Å². The lowest BCUT2D eigenvalue weighted by Crippen LogP contribution is -2.43. The number of nitrogens with zero attached hydrogens (tertiary/aromatic N) is 2. The van der Waals surface area contributed by atoms with Crippen molar-refractivity contribution in [3.05, 3.63) is 30.1 Å². The van der Waals surface area contributed by atoms with Gasteiger partial charge in [0.1, 0.15) is 12.6 Å². The fourth-order valence-corrected chi connectivity index (χ4v) is 2.65. The Labute approximate surface area is 140 Å². The Morgan fingerprint density at radius 1 is 1.42 bits per heavy atom. The molecule has 3 amide bonds. The minimum atomic E-state index is -0.434. The predicted octanol–water partition coefficient (Wildman–Crippen LogP) is 1.81. The van der Waals surface area contributed by atoms with E-state index in [1.807, 2.05) is 0 Å². The summed E-state index contributed by atoms with van der Waals surface area (Å²) in [4.78, 5) is 27.3. The van der Waals surface area contributed by atoms with Crippen molar-refractivity contribution in [3.8, 4) is 5.75 Å². The molecule has 1 saturated heterocycles. The van der Waals surface area contributed by atoms with Crippen molar-refractivity contribution in [2.24, 2.45) is 5.92 Å². The van der Waals surface area contributed by atoms with E-state index in [4.69, 9.17) is 4.74 Å². The standard InChI is InChI=1S/C17H22FN3O3/c1-12(24-15-5-3-2-4-14(15)18)8-19-17(23)21-10-16(22)20(11-21)9-13-6-7-13/h2-5,12-13H,6-11H2,1H3,(H,19,23). The molecular formula is C17H22FN3O3. The van der Waals surface area contributed by atoms with E-state index in [0.717, 1.165) is 6.54 Å². The third-order valence-electron chi connectivity index (χ3n) is 4.19. The molecule has 0 bridgehead atoms. The topological polar surface area (TPSA) is 61.9 Å². The molecule has 1 aliphatic carbocycles. The van der Waals surface area contributed by atoms with E-state index in [1.54, 1.807) is 30.0 Å². The van der Waals surface area contributed by atoms with Gasteiger partial charge in [-0.2, -0.15) is 0 Å². The summed E-state index contributed by atoms with van der Waals surface area (Å²) in [6.07, 6.45) is 1.95. The second-order valence-corrected chi connectivity index (χ2v) is 6.44. The van der Waals surface area contributed by atoms with Crippen LogP contribution in [0.3, 0.4) is 0 Å². The number of carbonyl (C=O) groups excluding carboxylic acids is 2. The molecule has 1 unspecified atom stereocenters. The number of amides is 3. The van der Waals surface area contributed by atoms with Crippen molar-refractivity contribution in [1.82, 2.24) is 15.1 Å². The minimum Gasteiger partial charge on any atom is -0.486 e. The second kappa shape index (κ2) is 7.07. The van der Waals surface area contributed by atoms with E-state index in [0.29, 0.717) is 12.6 Å². The van der Waals surface area contributed by atoms with Crippen LogP contribution in [0.25, 0.3) is 0 Å². The Kier molecular flexibility index (Phi) is 4.87. The van der Waals surface area contributed by atoms with E-state index in [-0.39, 0.29) is 36.9 Å². The lowest BCUT2D eigenvalue weighted by Gasteiger charge is -2.20. The fourth-order valence-electron chi connectivity index (χ4n) is 2.65. The van der Waals surface area contributed by atoms with E-state index in [1.165, 1.54) is 23.8 Å². The number of rotatable bonds is 6. The lowest BCUT2D eigenvalue weighted by atomic mass is 10.3. The molecule has 1 heterocycles. The van der Waals surface area contributed by atoms with Crippen LogP contribution in [0.2, 0.25) is 0 Å². The maximum atomic E-state index is 13.5. The minimum absolute atomic E-state index is 0.00675. The number of hydrogen-bond donors (Lipinski definition) is 1. The summed E-state index contributed by atoms with van der Waals surface area (Å²) in [5.41, 5.74) is 0. The van der Waals surface area contributed by atoms with Crippen molar-refractivity contribution in [3.63, 3.8) is 0 Å². The van der Waals surface area contributed by atoms with Gasteiger partial charge in [0.15, 0.2) is 11.6 Å². The van der Waals surface area contributed by atoms with Crippen LogP contribution in [0.15, 0.2) is 24.3 Å². The van der Waals surface area contributed by atoms with Gasteiger partial charge in [-0.3, -0.25) is 9.69 Å². The van der Waals surface area contributed by atoms with Gasteiger partial charge >= 0.3 is 6.03 Å². The molecule has 1 saturated carbocycles. The van der Waals surface area contributed by atoms with E-state index >= 15 is 0 Å². The van der Waals surface area contributed by atoms with Crippen molar-refractivity contribution >= 4 is 11.9 Å². The summed E-state index contributed by atoms with van der Waals surface area (Å²) in [7, 11) is 0. The molecule has 2 aliphatic rings. The molecule has 2 fully saturated rings. The largest absolute Gasteiger partial charge is 0.486 e. The molecule has 1 N–H and O–H groups in total. The van der Waals surface area contributed by atoms with Gasteiger partial charge in [0, 0.05) is 6.54 Å². The zero-order valence-electron chi connectivity index (χ0n) is 13.7. The zero-order valence-corrected chi connectivity index (χ0v) is 13.7. The molecule has 130 valence electrons. The van der Waals surface area contributed by atoms with Gasteiger partial charge in [-0.15, -0.1) is 0 Å². The van der Waals surface area contributed by atoms with Gasteiger partial charge in [0.05, 0.1) is 13.2 Å². The Bertz CT molecular complexity index is 621. The summed E-state index contributed by atoms with van der Waals surface area (Å²) in [6.45, 7) is 3.18. The van der Waals surface area contributed by atoms with Gasteiger partial charge < -0.3 is 15.0 Å². The number of benzene rings is 1. The van der Waals surface area contributed by atoms with Crippen molar-refractivity contribution in [2.45, 2.75) is 25.9 Å². The summed E-state index contributed by atoms with van der Waals surface area (Å²) in [5.74, 6) is 0.321. The summed E-state index contributed by atoms with van der Waals surface area (Å²) < 4.78 is 19.0. The number of hydrogen-bond acceptors (Lipinski definition) is 3. The summed E-state index contributed by atoms with van der Waals surface area (Å²) in [6, 6.07) is 5.85. The van der Waals surface area contributed by atoms with Crippen molar-refractivity contribution in [2.75, 3.05) is 26.3 Å². The van der Waals surface area contributed by atoms with Crippen LogP contribution in [0.4, 0.5) is 9.18 Å². The van der Waals surface area contributed by atoms with Gasteiger partial charge in [0.25, 0.3) is 0 Å². The Morgan fingerprint density at radius 2 is 2.17 bits per heavy atom. The third kappa shape index (κ3) is 4.15. The van der Waals surface area contributed by atoms with Crippen LogP contribution in [0.1, 0.15) is 19.8 Å². The SMILES string of the molecule is CC(CNC(=O)N1CC(=O)N(CC2CC2)C1)Oc1ccccc1F. The number of ether oxygens (including phenoxy) is 1. The first kappa shape index (κ1) is 16.5. The van der Waals surface area contributed by atoms with Gasteiger partial charge in [0.2, 0.25) is 5.91 Å². The maximum Gasteiger partial charge on any atom is 0.319 e. The highest BCUT2D eigenvalue weighted by atomic mass is 19.1. The molecule has 1 aromatic rings. The molecule has 6 nitrogen and oxygen atoms in total. The highest BCUT2D eigenvalue weighted by Gasteiger charge is 2.34. The first-order chi connectivity index (χ1) is 11.5. The smallest absolute Gasteiger partial charge is 0.319 e. The quantitative estimate of drug-likeness (QED) is 0.862. The van der Waals surface area contributed by atoms with Gasteiger partial charge in [-0.25, -0.2) is 9.18 Å². The zero-order chi connectivity index (χ0) is 17.1. The average molecular weight is 335 g/mol. The molecule has 0 spiro atoms. The number of carbonyl (C=O) groups is 2. The molecule has 1 aliphatic heterocycles. The summed E-state index contributed by atoms with van der Waals surface area (Å²) in [5, 5.41) is 2.73. The number of para-hydroxylation sites is 1. The maximum absolute atomic E-state index is 13.5. The fraction of sp³-hybridized carbons (Fsp3) is 0.529. The van der Waals surface area contributed by atoms with Crippen LogP contribution in [-0.2, 0) is 4.79 Å². The molecule has 24 heavy (non-hydrogen) atoms. The number of nitrogens with one attached hydrogen (secondary N) is 1. The molecule has 1 atom stereocenters. The molecule has 0 radical (unpaired) electrons. The third-order valence-corrected chi connectivity index (χ3v) is 4.19. The molecule has 1 aromatic carbocycles. The van der Waals surface area contributed by atoms with E-state index in [2.05, 4.69) is 5.32 Å². The van der Waals surface area contributed by atoms with Crippen LogP contribution in [-0.4, -0.2) is 54.1 Å².